The average Bonchev–Trinajstić information content (AvgIpc) is 3.77. The van der Waals surface area contributed by atoms with E-state index in [2.05, 4.69) is 164 Å². The molecule has 2 heterocycles. The summed E-state index contributed by atoms with van der Waals surface area (Å²) in [6, 6.07) is 65.9. The van der Waals surface area contributed by atoms with Gasteiger partial charge in [0.05, 0.1) is 0 Å². The topological polar surface area (TPSA) is 26.3 Å². The van der Waals surface area contributed by atoms with Gasteiger partial charge in [-0.3, -0.25) is 0 Å². The lowest BCUT2D eigenvalue weighted by molar-refractivity contribution is 0.656. The van der Waals surface area contributed by atoms with E-state index in [1.54, 1.807) is 0 Å². The number of furan rings is 2. The molecule has 12 rings (SSSR count). The fourth-order valence-corrected chi connectivity index (χ4v) is 8.84. The summed E-state index contributed by atoms with van der Waals surface area (Å²) in [7, 11) is 0. The summed E-state index contributed by atoms with van der Waals surface area (Å²) in [4.78, 5) is 0. The van der Waals surface area contributed by atoms with E-state index in [1.165, 1.54) is 71.1 Å². The molecule has 250 valence electrons. The smallest absolute Gasteiger partial charge is 0.139 e. The highest BCUT2D eigenvalue weighted by atomic mass is 16.3. The van der Waals surface area contributed by atoms with Crippen molar-refractivity contribution in [1.29, 1.82) is 0 Å². The maximum absolute atomic E-state index is 6.44. The van der Waals surface area contributed by atoms with E-state index < -0.39 is 0 Å². The van der Waals surface area contributed by atoms with Crippen LogP contribution in [0.3, 0.4) is 0 Å². The van der Waals surface area contributed by atoms with Crippen LogP contribution in [0.1, 0.15) is 0 Å². The van der Waals surface area contributed by atoms with Crippen LogP contribution in [0.2, 0.25) is 0 Å². The maximum Gasteiger partial charge on any atom is 0.139 e. The Bertz CT molecular complexity index is 3430. The minimum atomic E-state index is 0.841. The number of benzene rings is 10. The summed E-state index contributed by atoms with van der Waals surface area (Å²) in [6.07, 6.45) is 0. The quantitative estimate of drug-likeness (QED) is 0.173. The number of hydrogen-bond donors (Lipinski definition) is 0. The lowest BCUT2D eigenvalue weighted by Gasteiger charge is -2.18. The van der Waals surface area contributed by atoms with E-state index in [9.17, 15) is 0 Å². The Hall–Kier alpha value is -7.16. The highest BCUT2D eigenvalue weighted by Gasteiger charge is 2.18. The minimum Gasteiger partial charge on any atom is -0.456 e. The second-order valence-electron chi connectivity index (χ2n) is 14.4. The standard InChI is InChI=1S/C52H30O2/c1-2-10-34-25-37(24-19-31(34)9-1)52-42-14-5-3-12-40(42)51(41-13-4-6-15-43(41)52)33-20-17-32(18-21-33)35-22-23-36-27-44-46-29-45-39-11-7-8-16-47(39)53-49(45)30-50(46)54-48(44)28-38(36)26-35/h1-30H. The molecule has 2 nitrogen and oxygen atoms in total. The van der Waals surface area contributed by atoms with Crippen molar-refractivity contribution in [2.45, 2.75) is 0 Å². The van der Waals surface area contributed by atoms with E-state index in [0.29, 0.717) is 0 Å². The van der Waals surface area contributed by atoms with Gasteiger partial charge in [0.25, 0.3) is 0 Å². The van der Waals surface area contributed by atoms with Gasteiger partial charge in [0.1, 0.15) is 22.3 Å². The van der Waals surface area contributed by atoms with Crippen LogP contribution in [0.4, 0.5) is 0 Å². The second-order valence-corrected chi connectivity index (χ2v) is 14.4. The van der Waals surface area contributed by atoms with Crippen LogP contribution in [0.25, 0.3) is 120 Å². The third-order valence-corrected chi connectivity index (χ3v) is 11.4. The molecule has 12 aromatic rings. The normalized spacial score (nSPS) is 12.1. The fourth-order valence-electron chi connectivity index (χ4n) is 8.84. The Kier molecular flexibility index (Phi) is 6.09. The van der Waals surface area contributed by atoms with Crippen LogP contribution in [0.15, 0.2) is 191 Å². The molecule has 0 aliphatic carbocycles. The molecular weight excluding hydrogens is 657 g/mol. The SMILES string of the molecule is c1ccc2cc(-c3c4ccccc4c(-c4ccc(-c5ccc6cc7c(cc6c5)oc5cc6oc8ccccc8c6cc57)cc4)c4ccccc34)ccc2c1. The summed E-state index contributed by atoms with van der Waals surface area (Å²) < 4.78 is 12.6. The van der Waals surface area contributed by atoms with Crippen LogP contribution in [-0.2, 0) is 0 Å². The second kappa shape index (κ2) is 11.2. The molecule has 54 heavy (non-hydrogen) atoms. The monoisotopic (exact) mass is 686 g/mol. The largest absolute Gasteiger partial charge is 0.456 e. The molecule has 2 aromatic heterocycles. The van der Waals surface area contributed by atoms with Crippen LogP contribution in [-0.4, -0.2) is 0 Å². The van der Waals surface area contributed by atoms with Crippen molar-refractivity contribution in [3.8, 4) is 33.4 Å². The molecule has 0 radical (unpaired) electrons. The van der Waals surface area contributed by atoms with Crippen molar-refractivity contribution >= 4 is 87.0 Å². The molecule has 2 heteroatoms. The Morgan fingerprint density at radius 1 is 0.222 bits per heavy atom. The molecular formula is C52H30O2. The molecule has 0 spiro atoms. The van der Waals surface area contributed by atoms with Crippen molar-refractivity contribution in [2.24, 2.45) is 0 Å². The predicted molar refractivity (Wildman–Crippen MR) is 227 cm³/mol. The van der Waals surface area contributed by atoms with Crippen LogP contribution < -0.4 is 0 Å². The van der Waals surface area contributed by atoms with Crippen LogP contribution in [0.5, 0.6) is 0 Å². The van der Waals surface area contributed by atoms with E-state index in [1.807, 2.05) is 18.2 Å². The van der Waals surface area contributed by atoms with Gasteiger partial charge in [0.15, 0.2) is 0 Å². The van der Waals surface area contributed by atoms with Crippen molar-refractivity contribution in [3.05, 3.63) is 182 Å². The number of fused-ring (bicyclic) bond motifs is 10. The van der Waals surface area contributed by atoms with Gasteiger partial charge in [-0.15, -0.1) is 0 Å². The third kappa shape index (κ3) is 4.34. The van der Waals surface area contributed by atoms with Crippen molar-refractivity contribution < 1.29 is 8.83 Å². The van der Waals surface area contributed by atoms with Crippen molar-refractivity contribution in [2.75, 3.05) is 0 Å². The van der Waals surface area contributed by atoms with Gasteiger partial charge in [-0.25, -0.2) is 0 Å². The molecule has 10 aromatic carbocycles. The first-order valence-electron chi connectivity index (χ1n) is 18.5. The van der Waals surface area contributed by atoms with Crippen molar-refractivity contribution in [1.82, 2.24) is 0 Å². The Morgan fingerprint density at radius 2 is 0.685 bits per heavy atom. The zero-order valence-electron chi connectivity index (χ0n) is 29.1. The van der Waals surface area contributed by atoms with Crippen molar-refractivity contribution in [3.63, 3.8) is 0 Å². The van der Waals surface area contributed by atoms with Gasteiger partial charge in [-0.1, -0.05) is 140 Å². The van der Waals surface area contributed by atoms with E-state index in [-0.39, 0.29) is 0 Å². The summed E-state index contributed by atoms with van der Waals surface area (Å²) in [5, 5.41) is 14.4. The summed E-state index contributed by atoms with van der Waals surface area (Å²) in [5.74, 6) is 0. The molecule has 0 atom stereocenters. The molecule has 0 fully saturated rings. The van der Waals surface area contributed by atoms with Crippen LogP contribution >= 0.6 is 0 Å². The summed E-state index contributed by atoms with van der Waals surface area (Å²) in [5.41, 5.74) is 10.8. The molecule has 0 unspecified atom stereocenters. The Balaban J connectivity index is 0.962. The first-order valence-corrected chi connectivity index (χ1v) is 18.5. The molecule has 0 aliphatic heterocycles. The highest BCUT2D eigenvalue weighted by molar-refractivity contribution is 6.22. The average molecular weight is 687 g/mol. The Labute approximate surface area is 310 Å². The lowest BCUT2D eigenvalue weighted by atomic mass is 9.85. The first kappa shape index (κ1) is 29.4. The van der Waals surface area contributed by atoms with E-state index in [4.69, 9.17) is 8.83 Å². The van der Waals surface area contributed by atoms with Gasteiger partial charge >= 0.3 is 0 Å². The zero-order valence-corrected chi connectivity index (χ0v) is 29.1. The molecule has 0 saturated carbocycles. The Morgan fingerprint density at radius 3 is 1.43 bits per heavy atom. The predicted octanol–water partition coefficient (Wildman–Crippen LogP) is 15.1. The minimum absolute atomic E-state index is 0.841. The van der Waals surface area contributed by atoms with Crippen LogP contribution in [0, 0.1) is 0 Å². The number of hydrogen-bond acceptors (Lipinski definition) is 2. The summed E-state index contributed by atoms with van der Waals surface area (Å²) >= 11 is 0. The third-order valence-electron chi connectivity index (χ3n) is 11.4. The van der Waals surface area contributed by atoms with Gasteiger partial charge in [-0.2, -0.15) is 0 Å². The van der Waals surface area contributed by atoms with Gasteiger partial charge in [0.2, 0.25) is 0 Å². The molecule has 0 amide bonds. The number of para-hydroxylation sites is 1. The molecule has 0 N–H and O–H groups in total. The first-order chi connectivity index (χ1) is 26.7. The maximum atomic E-state index is 6.44. The van der Waals surface area contributed by atoms with Gasteiger partial charge in [0, 0.05) is 27.6 Å². The fraction of sp³-hybridized carbons (Fsp3) is 0. The summed E-state index contributed by atoms with van der Waals surface area (Å²) in [6.45, 7) is 0. The molecule has 0 saturated heterocycles. The van der Waals surface area contributed by atoms with E-state index >= 15 is 0 Å². The molecule has 0 bridgehead atoms. The van der Waals surface area contributed by atoms with Gasteiger partial charge in [-0.05, 0) is 113 Å². The van der Waals surface area contributed by atoms with Gasteiger partial charge < -0.3 is 8.83 Å². The van der Waals surface area contributed by atoms with E-state index in [0.717, 1.165) is 49.3 Å². The highest BCUT2D eigenvalue weighted by Crippen LogP contribution is 2.45. The lowest BCUT2D eigenvalue weighted by Crippen LogP contribution is -1.91. The zero-order chi connectivity index (χ0) is 35.3. The molecule has 0 aliphatic rings. The number of rotatable bonds is 3.